The van der Waals surface area contributed by atoms with Gasteiger partial charge in [-0.05, 0) is 48.5 Å². The van der Waals surface area contributed by atoms with Crippen molar-refractivity contribution in [3.63, 3.8) is 0 Å². The molecule has 142 valence electrons. The molecule has 7 heteroatoms. The Morgan fingerprint density at radius 3 is 2.25 bits per heavy atom. The van der Waals surface area contributed by atoms with Gasteiger partial charge in [0.25, 0.3) is 5.91 Å². The highest BCUT2D eigenvalue weighted by Crippen LogP contribution is 2.21. The van der Waals surface area contributed by atoms with Crippen LogP contribution in [0.3, 0.4) is 0 Å². The minimum absolute atomic E-state index is 0.266. The molecular weight excluding hydrogens is 358 g/mol. The third-order valence-corrected chi connectivity index (χ3v) is 3.96. The van der Waals surface area contributed by atoms with E-state index in [0.717, 1.165) is 0 Å². The molecule has 0 radical (unpaired) electrons. The van der Waals surface area contributed by atoms with E-state index in [1.54, 1.807) is 67.8 Å². The van der Waals surface area contributed by atoms with Gasteiger partial charge >= 0.3 is 5.97 Å². The van der Waals surface area contributed by atoms with E-state index in [9.17, 15) is 9.59 Å². The fourth-order valence-electron chi connectivity index (χ4n) is 2.51. The number of amides is 1. The Hall–Kier alpha value is -3.87. The van der Waals surface area contributed by atoms with Gasteiger partial charge in [-0.25, -0.2) is 9.78 Å². The molecule has 28 heavy (non-hydrogen) atoms. The van der Waals surface area contributed by atoms with Gasteiger partial charge in [-0.1, -0.05) is 12.1 Å². The number of nitrogens with zero attached hydrogens (tertiary/aromatic N) is 1. The van der Waals surface area contributed by atoms with Gasteiger partial charge in [-0.15, -0.1) is 0 Å². The first-order valence-electron chi connectivity index (χ1n) is 8.46. The molecule has 0 spiro atoms. The summed E-state index contributed by atoms with van der Waals surface area (Å²) in [5, 5.41) is 5.88. The number of carbonyl (C=O) groups excluding carboxylic acids is 2. The Balaban J connectivity index is 1.69. The molecule has 0 unspecified atom stereocenters. The number of para-hydroxylation sites is 1. The second-order valence-electron chi connectivity index (χ2n) is 5.78. The van der Waals surface area contributed by atoms with E-state index in [2.05, 4.69) is 15.6 Å². The van der Waals surface area contributed by atoms with Crippen molar-refractivity contribution in [3.8, 4) is 5.75 Å². The Labute approximate surface area is 162 Å². The van der Waals surface area contributed by atoms with Crippen molar-refractivity contribution in [2.75, 3.05) is 24.9 Å². The predicted octanol–water partition coefficient (Wildman–Crippen LogP) is 3.87. The summed E-state index contributed by atoms with van der Waals surface area (Å²) < 4.78 is 9.87. The molecule has 2 aromatic carbocycles. The van der Waals surface area contributed by atoms with E-state index in [0.29, 0.717) is 28.4 Å². The van der Waals surface area contributed by atoms with Crippen molar-refractivity contribution in [2.45, 2.75) is 0 Å². The van der Waals surface area contributed by atoms with Gasteiger partial charge in [0.1, 0.15) is 11.4 Å². The zero-order valence-corrected chi connectivity index (χ0v) is 15.4. The maximum atomic E-state index is 12.3. The Morgan fingerprint density at radius 1 is 0.893 bits per heavy atom. The maximum Gasteiger partial charge on any atom is 0.339 e. The first kappa shape index (κ1) is 18.9. The smallest absolute Gasteiger partial charge is 0.339 e. The molecule has 0 fully saturated rings. The van der Waals surface area contributed by atoms with Gasteiger partial charge in [-0.2, -0.15) is 0 Å². The minimum Gasteiger partial charge on any atom is -0.497 e. The number of aromatic nitrogens is 1. The van der Waals surface area contributed by atoms with E-state index in [4.69, 9.17) is 9.47 Å². The van der Waals surface area contributed by atoms with Crippen LogP contribution in [-0.2, 0) is 4.74 Å². The van der Waals surface area contributed by atoms with Gasteiger partial charge in [0.2, 0.25) is 0 Å². The fourth-order valence-corrected chi connectivity index (χ4v) is 2.51. The standard InChI is InChI=1S/C21H19N3O4/c1-27-16-10-7-14(8-11-16)24-20(25)19-12-9-15(13-22-19)23-18-6-4-3-5-17(18)21(26)28-2/h3-13,23H,1-2H3,(H,24,25). The second kappa shape index (κ2) is 8.68. The van der Waals surface area contributed by atoms with Gasteiger partial charge < -0.3 is 20.1 Å². The number of carbonyl (C=O) groups is 2. The molecule has 7 nitrogen and oxygen atoms in total. The first-order valence-corrected chi connectivity index (χ1v) is 8.46. The lowest BCUT2D eigenvalue weighted by molar-refractivity contribution is 0.0601. The van der Waals surface area contributed by atoms with Crippen LogP contribution in [0.15, 0.2) is 66.9 Å². The topological polar surface area (TPSA) is 89.5 Å². The fraction of sp³-hybridized carbons (Fsp3) is 0.0952. The van der Waals surface area contributed by atoms with Crippen molar-refractivity contribution < 1.29 is 19.1 Å². The summed E-state index contributed by atoms with van der Waals surface area (Å²) in [7, 11) is 2.91. The predicted molar refractivity (Wildman–Crippen MR) is 106 cm³/mol. The number of pyridine rings is 1. The van der Waals surface area contributed by atoms with Crippen molar-refractivity contribution in [1.29, 1.82) is 0 Å². The average Bonchev–Trinajstić information content (AvgIpc) is 2.74. The summed E-state index contributed by atoms with van der Waals surface area (Å²) in [6.45, 7) is 0. The third-order valence-electron chi connectivity index (χ3n) is 3.96. The van der Waals surface area contributed by atoms with Crippen molar-refractivity contribution >= 4 is 28.9 Å². The first-order chi connectivity index (χ1) is 13.6. The van der Waals surface area contributed by atoms with Crippen molar-refractivity contribution in [3.05, 3.63) is 78.1 Å². The molecular formula is C21H19N3O4. The molecule has 0 bridgehead atoms. The molecule has 1 heterocycles. The van der Waals surface area contributed by atoms with Gasteiger partial charge in [-0.3, -0.25) is 4.79 Å². The zero-order chi connectivity index (χ0) is 19.9. The molecule has 0 saturated carbocycles. The number of anilines is 3. The summed E-state index contributed by atoms with van der Waals surface area (Å²) in [4.78, 5) is 28.4. The average molecular weight is 377 g/mol. The Morgan fingerprint density at radius 2 is 1.61 bits per heavy atom. The highest BCUT2D eigenvalue weighted by molar-refractivity contribution is 6.03. The summed E-state index contributed by atoms with van der Waals surface area (Å²) in [5.74, 6) is -0.0583. The number of hydrogen-bond donors (Lipinski definition) is 2. The van der Waals surface area contributed by atoms with E-state index < -0.39 is 5.97 Å². The molecule has 0 aliphatic rings. The van der Waals surface area contributed by atoms with Crippen LogP contribution < -0.4 is 15.4 Å². The normalized spacial score (nSPS) is 10.1. The molecule has 2 N–H and O–H groups in total. The van der Waals surface area contributed by atoms with Crippen LogP contribution in [0.4, 0.5) is 17.1 Å². The maximum absolute atomic E-state index is 12.3. The van der Waals surface area contributed by atoms with Crippen LogP contribution in [-0.4, -0.2) is 31.1 Å². The molecule has 1 amide bonds. The summed E-state index contributed by atoms with van der Waals surface area (Å²) >= 11 is 0. The number of benzene rings is 2. The lowest BCUT2D eigenvalue weighted by atomic mass is 10.1. The summed E-state index contributed by atoms with van der Waals surface area (Å²) in [5.41, 5.74) is 2.54. The number of hydrogen-bond acceptors (Lipinski definition) is 6. The summed E-state index contributed by atoms with van der Waals surface area (Å²) in [6.07, 6.45) is 1.52. The molecule has 0 aliphatic heterocycles. The molecule has 1 aromatic heterocycles. The van der Waals surface area contributed by atoms with E-state index >= 15 is 0 Å². The van der Waals surface area contributed by atoms with E-state index in [1.165, 1.54) is 13.3 Å². The van der Waals surface area contributed by atoms with Crippen LogP contribution in [0.5, 0.6) is 5.75 Å². The van der Waals surface area contributed by atoms with E-state index in [1.807, 2.05) is 0 Å². The second-order valence-corrected chi connectivity index (χ2v) is 5.78. The van der Waals surface area contributed by atoms with Crippen molar-refractivity contribution in [2.24, 2.45) is 0 Å². The lowest BCUT2D eigenvalue weighted by Gasteiger charge is -2.11. The van der Waals surface area contributed by atoms with Gasteiger partial charge in [0, 0.05) is 5.69 Å². The van der Waals surface area contributed by atoms with Gasteiger partial charge in [0.15, 0.2) is 0 Å². The number of methoxy groups -OCH3 is 2. The van der Waals surface area contributed by atoms with E-state index in [-0.39, 0.29) is 11.6 Å². The van der Waals surface area contributed by atoms with Crippen LogP contribution in [0, 0.1) is 0 Å². The number of ether oxygens (including phenoxy) is 2. The van der Waals surface area contributed by atoms with Crippen molar-refractivity contribution in [1.82, 2.24) is 4.98 Å². The SMILES string of the molecule is COC(=O)c1ccccc1Nc1ccc(C(=O)Nc2ccc(OC)cc2)nc1. The molecule has 0 saturated heterocycles. The molecule has 3 rings (SSSR count). The highest BCUT2D eigenvalue weighted by Gasteiger charge is 2.12. The molecule has 3 aromatic rings. The number of rotatable bonds is 6. The molecule has 0 aliphatic carbocycles. The van der Waals surface area contributed by atoms with Crippen LogP contribution in [0.2, 0.25) is 0 Å². The quantitative estimate of drug-likeness (QED) is 0.634. The largest absolute Gasteiger partial charge is 0.497 e. The van der Waals surface area contributed by atoms with Crippen LogP contribution in [0.1, 0.15) is 20.8 Å². The third kappa shape index (κ3) is 4.45. The highest BCUT2D eigenvalue weighted by atomic mass is 16.5. The number of nitrogens with one attached hydrogen (secondary N) is 2. The lowest BCUT2D eigenvalue weighted by Crippen LogP contribution is -2.13. The Bertz CT molecular complexity index is 970. The number of esters is 1. The van der Waals surface area contributed by atoms with Crippen LogP contribution in [0.25, 0.3) is 0 Å². The minimum atomic E-state index is -0.438. The monoisotopic (exact) mass is 377 g/mol. The van der Waals surface area contributed by atoms with Crippen LogP contribution >= 0.6 is 0 Å². The van der Waals surface area contributed by atoms with Gasteiger partial charge in [0.05, 0.1) is 37.4 Å². The molecule has 0 atom stereocenters. The Kier molecular flexibility index (Phi) is 5.86. The summed E-state index contributed by atoms with van der Waals surface area (Å²) in [6, 6.07) is 17.3. The zero-order valence-electron chi connectivity index (χ0n) is 15.4.